The van der Waals surface area contributed by atoms with Crippen LogP contribution < -0.4 is 20.1 Å². The third kappa shape index (κ3) is 9.45. The maximum atomic E-state index is 13.3. The molecule has 0 aliphatic heterocycles. The number of halogens is 2. The van der Waals surface area contributed by atoms with Crippen molar-refractivity contribution >= 4 is 12.0 Å². The van der Waals surface area contributed by atoms with Crippen LogP contribution in [-0.2, 0) is 16.1 Å². The molecule has 1 aromatic carbocycles. The SMILES string of the molecule is COc1ccc(CNC(=O)C(CCC(C)(F)F)NC(=O)OC(C)(C)C)c(OC)c1. The van der Waals surface area contributed by atoms with Gasteiger partial charge in [-0.3, -0.25) is 4.79 Å². The number of nitrogens with one attached hydrogen (secondary N) is 2. The molecule has 2 N–H and O–H groups in total. The van der Waals surface area contributed by atoms with Gasteiger partial charge in [-0.15, -0.1) is 0 Å². The molecule has 2 amide bonds. The molecule has 0 saturated heterocycles. The highest BCUT2D eigenvalue weighted by Gasteiger charge is 2.29. The molecule has 0 fully saturated rings. The van der Waals surface area contributed by atoms with Crippen molar-refractivity contribution in [1.82, 2.24) is 10.6 Å². The molecule has 0 aliphatic rings. The Bertz CT molecular complexity index is 699. The Morgan fingerprint density at radius 3 is 2.28 bits per heavy atom. The van der Waals surface area contributed by atoms with Crippen molar-refractivity contribution in [2.45, 2.75) is 64.6 Å². The van der Waals surface area contributed by atoms with Crippen LogP contribution in [0, 0.1) is 0 Å². The smallest absolute Gasteiger partial charge is 0.408 e. The van der Waals surface area contributed by atoms with E-state index in [1.165, 1.54) is 14.2 Å². The lowest BCUT2D eigenvalue weighted by Crippen LogP contribution is -2.48. The van der Waals surface area contributed by atoms with Gasteiger partial charge in [0.1, 0.15) is 23.1 Å². The summed E-state index contributed by atoms with van der Waals surface area (Å²) in [6.45, 7) is 5.84. The monoisotopic (exact) mass is 416 g/mol. The average molecular weight is 416 g/mol. The molecule has 0 saturated carbocycles. The number of carbonyl (C=O) groups excluding carboxylic acids is 2. The van der Waals surface area contributed by atoms with Gasteiger partial charge in [0.05, 0.1) is 14.2 Å². The van der Waals surface area contributed by atoms with Crippen LogP contribution in [0.25, 0.3) is 0 Å². The van der Waals surface area contributed by atoms with Gasteiger partial charge in [0, 0.05) is 24.6 Å². The molecule has 29 heavy (non-hydrogen) atoms. The fourth-order valence-electron chi connectivity index (χ4n) is 2.42. The van der Waals surface area contributed by atoms with E-state index in [4.69, 9.17) is 14.2 Å². The fourth-order valence-corrected chi connectivity index (χ4v) is 2.42. The minimum Gasteiger partial charge on any atom is -0.497 e. The van der Waals surface area contributed by atoms with Crippen LogP contribution in [0.2, 0.25) is 0 Å². The van der Waals surface area contributed by atoms with Gasteiger partial charge in [-0.2, -0.15) is 0 Å². The summed E-state index contributed by atoms with van der Waals surface area (Å²) in [4.78, 5) is 24.6. The largest absolute Gasteiger partial charge is 0.497 e. The second kappa shape index (κ2) is 10.3. The summed E-state index contributed by atoms with van der Waals surface area (Å²) in [6, 6.07) is 3.92. The first-order valence-corrected chi connectivity index (χ1v) is 9.20. The van der Waals surface area contributed by atoms with Crippen molar-refractivity contribution in [2.75, 3.05) is 14.2 Å². The molecule has 0 aliphatic carbocycles. The summed E-state index contributed by atoms with van der Waals surface area (Å²) in [7, 11) is 3.00. The molecular formula is C20H30F2N2O5. The predicted octanol–water partition coefficient (Wildman–Crippen LogP) is 3.65. The minimum absolute atomic E-state index is 0.0843. The zero-order chi connectivity index (χ0) is 22.2. The lowest BCUT2D eigenvalue weighted by molar-refractivity contribution is -0.123. The van der Waals surface area contributed by atoms with Crippen LogP contribution in [0.3, 0.4) is 0 Å². The molecule has 164 valence electrons. The van der Waals surface area contributed by atoms with Gasteiger partial charge in [0.2, 0.25) is 11.8 Å². The highest BCUT2D eigenvalue weighted by Crippen LogP contribution is 2.24. The summed E-state index contributed by atoms with van der Waals surface area (Å²) in [5.41, 5.74) is -0.116. The second-order valence-electron chi connectivity index (χ2n) is 7.70. The zero-order valence-electron chi connectivity index (χ0n) is 17.7. The van der Waals surface area contributed by atoms with Gasteiger partial charge in [0.25, 0.3) is 0 Å². The molecule has 0 heterocycles. The first-order valence-electron chi connectivity index (χ1n) is 9.20. The number of alkyl halides is 2. The molecule has 1 atom stereocenters. The van der Waals surface area contributed by atoms with Crippen molar-refractivity contribution in [3.05, 3.63) is 23.8 Å². The van der Waals surface area contributed by atoms with E-state index in [1.807, 2.05) is 0 Å². The Hall–Kier alpha value is -2.58. The molecule has 9 heteroatoms. The number of methoxy groups -OCH3 is 2. The number of benzene rings is 1. The summed E-state index contributed by atoms with van der Waals surface area (Å²) in [6.07, 6.45) is -1.65. The van der Waals surface area contributed by atoms with Crippen molar-refractivity contribution in [1.29, 1.82) is 0 Å². The number of ether oxygens (including phenoxy) is 3. The third-order valence-electron chi connectivity index (χ3n) is 3.83. The first kappa shape index (κ1) is 24.5. The van der Waals surface area contributed by atoms with Crippen LogP contribution in [0.5, 0.6) is 11.5 Å². The van der Waals surface area contributed by atoms with Gasteiger partial charge >= 0.3 is 6.09 Å². The third-order valence-corrected chi connectivity index (χ3v) is 3.83. The Balaban J connectivity index is 2.83. The predicted molar refractivity (Wildman–Crippen MR) is 104 cm³/mol. The van der Waals surface area contributed by atoms with E-state index < -0.39 is 36.0 Å². The van der Waals surface area contributed by atoms with Gasteiger partial charge in [-0.05, 0) is 46.2 Å². The summed E-state index contributed by atoms with van der Waals surface area (Å²) >= 11 is 0. The summed E-state index contributed by atoms with van der Waals surface area (Å²) < 4.78 is 42.1. The van der Waals surface area contributed by atoms with Crippen LogP contribution in [0.1, 0.15) is 46.1 Å². The molecule has 1 aromatic rings. The van der Waals surface area contributed by atoms with Crippen LogP contribution in [-0.4, -0.2) is 43.8 Å². The first-order chi connectivity index (χ1) is 13.3. The minimum atomic E-state index is -2.96. The van der Waals surface area contributed by atoms with Crippen LogP contribution >= 0.6 is 0 Å². The zero-order valence-corrected chi connectivity index (χ0v) is 17.7. The molecular weight excluding hydrogens is 386 g/mol. The maximum absolute atomic E-state index is 13.3. The summed E-state index contributed by atoms with van der Waals surface area (Å²) in [5.74, 6) is -2.47. The van der Waals surface area contributed by atoms with Crippen molar-refractivity contribution < 1.29 is 32.6 Å². The Kier molecular flexibility index (Phi) is 8.66. The van der Waals surface area contributed by atoms with E-state index in [9.17, 15) is 18.4 Å². The highest BCUT2D eigenvalue weighted by atomic mass is 19.3. The van der Waals surface area contributed by atoms with Crippen molar-refractivity contribution in [3.8, 4) is 11.5 Å². The maximum Gasteiger partial charge on any atom is 0.408 e. The molecule has 0 spiro atoms. The van der Waals surface area contributed by atoms with Crippen LogP contribution in [0.15, 0.2) is 18.2 Å². The van der Waals surface area contributed by atoms with Crippen molar-refractivity contribution in [2.24, 2.45) is 0 Å². The van der Waals surface area contributed by atoms with Gasteiger partial charge in [-0.1, -0.05) is 0 Å². The number of amides is 2. The van der Waals surface area contributed by atoms with Crippen molar-refractivity contribution in [3.63, 3.8) is 0 Å². The fraction of sp³-hybridized carbons (Fsp3) is 0.600. The van der Waals surface area contributed by atoms with Gasteiger partial charge < -0.3 is 24.8 Å². The highest BCUT2D eigenvalue weighted by molar-refractivity contribution is 5.85. The number of hydrogen-bond donors (Lipinski definition) is 2. The lowest BCUT2D eigenvalue weighted by atomic mass is 10.1. The summed E-state index contributed by atoms with van der Waals surface area (Å²) in [5, 5.41) is 5.01. The second-order valence-corrected chi connectivity index (χ2v) is 7.70. The van der Waals surface area contributed by atoms with E-state index in [1.54, 1.807) is 39.0 Å². The van der Waals surface area contributed by atoms with Gasteiger partial charge in [0.15, 0.2) is 0 Å². The number of hydrogen-bond acceptors (Lipinski definition) is 5. The number of alkyl carbamates (subject to hydrolysis) is 1. The average Bonchev–Trinajstić information content (AvgIpc) is 2.60. The van der Waals surface area contributed by atoms with E-state index in [0.29, 0.717) is 17.1 Å². The van der Waals surface area contributed by atoms with Gasteiger partial charge in [-0.25, -0.2) is 13.6 Å². The Labute approximate surface area is 170 Å². The molecule has 7 nitrogen and oxygen atoms in total. The Morgan fingerprint density at radius 2 is 1.76 bits per heavy atom. The standard InChI is InChI=1S/C20H30F2N2O5/c1-19(2,3)29-18(26)24-15(9-10-20(4,21)22)17(25)23-12-13-7-8-14(27-5)11-16(13)28-6/h7-8,11,15H,9-10,12H2,1-6H3,(H,23,25)(H,24,26). The van der Waals surface area contributed by atoms with E-state index in [2.05, 4.69) is 10.6 Å². The van der Waals surface area contributed by atoms with E-state index >= 15 is 0 Å². The molecule has 1 rings (SSSR count). The van der Waals surface area contributed by atoms with E-state index in [-0.39, 0.29) is 13.0 Å². The number of carbonyl (C=O) groups is 2. The molecule has 0 bridgehead atoms. The molecule has 0 aromatic heterocycles. The quantitative estimate of drug-likeness (QED) is 0.642. The topological polar surface area (TPSA) is 85.9 Å². The van der Waals surface area contributed by atoms with E-state index in [0.717, 1.165) is 6.92 Å². The molecule has 1 unspecified atom stereocenters. The normalized spacial score (nSPS) is 12.7. The Morgan fingerprint density at radius 1 is 1.10 bits per heavy atom. The lowest BCUT2D eigenvalue weighted by Gasteiger charge is -2.24. The van der Waals surface area contributed by atoms with Crippen LogP contribution in [0.4, 0.5) is 13.6 Å². The molecule has 0 radical (unpaired) electrons. The number of rotatable bonds is 9.